The van der Waals surface area contributed by atoms with E-state index in [9.17, 15) is 10.2 Å². The minimum Gasteiger partial charge on any atom is -0.362 e. The summed E-state index contributed by atoms with van der Waals surface area (Å²) in [5, 5.41) is 20.4. The van der Waals surface area contributed by atoms with Gasteiger partial charge in [0.25, 0.3) is 0 Å². The molecule has 0 heterocycles. The van der Waals surface area contributed by atoms with Gasteiger partial charge in [-0.25, -0.2) is 0 Å². The molecule has 1 aromatic carbocycles. The first-order valence-corrected chi connectivity index (χ1v) is 6.74. The number of hydrogen-bond acceptors (Lipinski definition) is 2. The second-order valence-electron chi connectivity index (χ2n) is 5.04. The fraction of sp³-hybridized carbons (Fsp3) is 0.222. The molecule has 0 amide bonds. The summed E-state index contributed by atoms with van der Waals surface area (Å²) in [6.45, 7) is 7.45. The van der Waals surface area contributed by atoms with Crippen LogP contribution in [0.3, 0.4) is 0 Å². The maximum atomic E-state index is 10.2. The fourth-order valence-corrected chi connectivity index (χ4v) is 2.40. The lowest BCUT2D eigenvalue weighted by Gasteiger charge is -2.28. The fourth-order valence-electron chi connectivity index (χ4n) is 2.40. The molecule has 0 atom stereocenters. The molecule has 0 unspecified atom stereocenters. The van der Waals surface area contributed by atoms with Crippen LogP contribution in [0.25, 0.3) is 5.57 Å². The lowest BCUT2D eigenvalue weighted by molar-refractivity contribution is -0.105. The predicted molar refractivity (Wildman–Crippen MR) is 83.0 cm³/mol. The van der Waals surface area contributed by atoms with E-state index in [2.05, 4.69) is 13.2 Å². The van der Waals surface area contributed by atoms with Crippen molar-refractivity contribution in [3.63, 3.8) is 0 Å². The Balaban J connectivity index is 2.41. The van der Waals surface area contributed by atoms with E-state index >= 15 is 0 Å². The molecule has 0 aliphatic heterocycles. The van der Waals surface area contributed by atoms with Crippen molar-refractivity contribution in [3.05, 3.63) is 78.4 Å². The summed E-state index contributed by atoms with van der Waals surface area (Å²) in [6, 6.07) is 7.81. The molecule has 2 rings (SSSR count). The largest absolute Gasteiger partial charge is 0.362 e. The Hall–Kier alpha value is -1.90. The van der Waals surface area contributed by atoms with Crippen LogP contribution in [0, 0.1) is 0 Å². The predicted octanol–water partition coefficient (Wildman–Crippen LogP) is 3.39. The summed E-state index contributed by atoms with van der Waals surface area (Å²) in [7, 11) is 0. The number of benzene rings is 1. The smallest absolute Gasteiger partial charge is 0.193 e. The third-order valence-electron chi connectivity index (χ3n) is 3.41. The Labute approximate surface area is 120 Å². The van der Waals surface area contributed by atoms with E-state index in [1.165, 1.54) is 0 Å². The van der Waals surface area contributed by atoms with E-state index in [1.807, 2.05) is 48.6 Å². The summed E-state index contributed by atoms with van der Waals surface area (Å²) in [4.78, 5) is 0. The van der Waals surface area contributed by atoms with Crippen molar-refractivity contribution < 1.29 is 10.2 Å². The van der Waals surface area contributed by atoms with Crippen LogP contribution in [-0.4, -0.2) is 16.0 Å². The van der Waals surface area contributed by atoms with Crippen molar-refractivity contribution >= 4 is 5.57 Å². The van der Waals surface area contributed by atoms with Gasteiger partial charge >= 0.3 is 0 Å². The third-order valence-corrected chi connectivity index (χ3v) is 3.41. The maximum Gasteiger partial charge on any atom is 0.193 e. The summed E-state index contributed by atoms with van der Waals surface area (Å²) in [5.74, 6) is -1.81. The molecule has 2 nitrogen and oxygen atoms in total. The average molecular weight is 268 g/mol. The molecule has 0 bridgehead atoms. The van der Waals surface area contributed by atoms with Crippen LogP contribution in [0.15, 0.2) is 67.3 Å². The quantitative estimate of drug-likeness (QED) is 0.635. The highest BCUT2D eigenvalue weighted by Crippen LogP contribution is 2.34. The van der Waals surface area contributed by atoms with Gasteiger partial charge in [0.05, 0.1) is 0 Å². The minimum atomic E-state index is -1.81. The Kier molecular flexibility index (Phi) is 4.38. The van der Waals surface area contributed by atoms with E-state index in [0.717, 1.165) is 29.5 Å². The highest BCUT2D eigenvalue weighted by atomic mass is 16.5. The molecule has 104 valence electrons. The van der Waals surface area contributed by atoms with Gasteiger partial charge in [0.15, 0.2) is 5.79 Å². The van der Waals surface area contributed by atoms with Crippen LogP contribution in [0.4, 0.5) is 0 Å². The number of allylic oxidation sites excluding steroid dienone is 4. The second-order valence-corrected chi connectivity index (χ2v) is 5.04. The van der Waals surface area contributed by atoms with Crippen molar-refractivity contribution in [2.45, 2.75) is 25.0 Å². The molecular weight excluding hydrogens is 248 g/mol. The first-order valence-electron chi connectivity index (χ1n) is 6.74. The molecule has 0 saturated heterocycles. The maximum absolute atomic E-state index is 10.2. The van der Waals surface area contributed by atoms with Crippen LogP contribution >= 0.6 is 0 Å². The molecule has 0 spiro atoms. The van der Waals surface area contributed by atoms with Gasteiger partial charge < -0.3 is 10.2 Å². The first kappa shape index (κ1) is 14.5. The van der Waals surface area contributed by atoms with E-state index in [1.54, 1.807) is 0 Å². The lowest BCUT2D eigenvalue weighted by atomic mass is 9.87. The van der Waals surface area contributed by atoms with E-state index < -0.39 is 5.79 Å². The minimum absolute atomic E-state index is 0.202. The summed E-state index contributed by atoms with van der Waals surface area (Å²) in [6.07, 6.45) is 9.04. The van der Waals surface area contributed by atoms with Gasteiger partial charge in [0.1, 0.15) is 0 Å². The van der Waals surface area contributed by atoms with Crippen molar-refractivity contribution in [3.8, 4) is 0 Å². The molecule has 1 aromatic rings. The Morgan fingerprint density at radius 1 is 1.15 bits per heavy atom. The highest BCUT2D eigenvalue weighted by molar-refractivity contribution is 5.75. The second kappa shape index (κ2) is 6.04. The summed E-state index contributed by atoms with van der Waals surface area (Å²) < 4.78 is 0. The van der Waals surface area contributed by atoms with Crippen LogP contribution in [0.5, 0.6) is 0 Å². The zero-order valence-corrected chi connectivity index (χ0v) is 11.5. The molecule has 20 heavy (non-hydrogen) atoms. The van der Waals surface area contributed by atoms with Crippen LogP contribution in [-0.2, 0) is 6.42 Å². The monoisotopic (exact) mass is 268 g/mol. The molecule has 0 saturated carbocycles. The molecule has 1 aliphatic carbocycles. The number of hydrogen-bond donors (Lipinski definition) is 2. The van der Waals surface area contributed by atoms with Gasteiger partial charge in [-0.05, 0) is 35.6 Å². The first-order chi connectivity index (χ1) is 9.56. The molecule has 2 heteroatoms. The highest BCUT2D eigenvalue weighted by Gasteiger charge is 2.31. The van der Waals surface area contributed by atoms with Crippen molar-refractivity contribution in [2.75, 3.05) is 0 Å². The number of aliphatic hydroxyl groups is 2. The molecule has 0 aromatic heterocycles. The molecule has 0 radical (unpaired) electrons. The lowest BCUT2D eigenvalue weighted by Crippen LogP contribution is -2.31. The topological polar surface area (TPSA) is 40.5 Å². The molecular formula is C18H20O2. The van der Waals surface area contributed by atoms with Crippen molar-refractivity contribution in [2.24, 2.45) is 0 Å². The van der Waals surface area contributed by atoms with Gasteiger partial charge in [-0.2, -0.15) is 0 Å². The van der Waals surface area contributed by atoms with Crippen molar-refractivity contribution in [1.29, 1.82) is 0 Å². The third kappa shape index (κ3) is 3.16. The standard InChI is InChI=1S/C18H20O2/c1-3-6-14-8-5-9-16(12-14)17-13-15(7-4-2)10-11-18(17,19)20/h3-5,8-10,12-13,19-20H,1-2,6-7,11H2. The van der Waals surface area contributed by atoms with Gasteiger partial charge in [-0.15, -0.1) is 13.2 Å². The Morgan fingerprint density at radius 2 is 1.90 bits per heavy atom. The normalized spacial score (nSPS) is 17.1. The van der Waals surface area contributed by atoms with Crippen molar-refractivity contribution in [1.82, 2.24) is 0 Å². The zero-order valence-electron chi connectivity index (χ0n) is 11.5. The van der Waals surface area contributed by atoms with E-state index in [0.29, 0.717) is 5.57 Å². The SMILES string of the molecule is C=CCC1=CCC(O)(O)C(c2cccc(CC=C)c2)=C1. The Bertz CT molecular complexity index is 577. The molecule has 2 N–H and O–H groups in total. The zero-order chi connectivity index (χ0) is 14.6. The van der Waals surface area contributed by atoms with Crippen LogP contribution < -0.4 is 0 Å². The summed E-state index contributed by atoms with van der Waals surface area (Å²) in [5.41, 5.74) is 3.55. The van der Waals surface area contributed by atoms with Gasteiger partial charge in [0, 0.05) is 12.0 Å². The van der Waals surface area contributed by atoms with Gasteiger partial charge in [-0.1, -0.05) is 42.5 Å². The summed E-state index contributed by atoms with van der Waals surface area (Å²) >= 11 is 0. The van der Waals surface area contributed by atoms with Crippen LogP contribution in [0.2, 0.25) is 0 Å². The molecule has 1 aliphatic rings. The van der Waals surface area contributed by atoms with E-state index in [-0.39, 0.29) is 6.42 Å². The van der Waals surface area contributed by atoms with Gasteiger partial charge in [-0.3, -0.25) is 0 Å². The Morgan fingerprint density at radius 3 is 2.60 bits per heavy atom. The average Bonchev–Trinajstić information content (AvgIpc) is 2.42. The van der Waals surface area contributed by atoms with Crippen LogP contribution in [0.1, 0.15) is 24.0 Å². The molecule has 0 fully saturated rings. The van der Waals surface area contributed by atoms with Gasteiger partial charge in [0.2, 0.25) is 0 Å². The van der Waals surface area contributed by atoms with E-state index in [4.69, 9.17) is 0 Å². The number of rotatable bonds is 5.